The number of aliphatic hydroxyl groups is 1. The van der Waals surface area contributed by atoms with Crippen molar-refractivity contribution in [2.45, 2.75) is 26.8 Å². The average Bonchev–Trinajstić information content (AvgIpc) is 2.38. The smallest absolute Gasteiger partial charge is 0.253 e. The quantitative estimate of drug-likeness (QED) is 0.894. The third-order valence-electron chi connectivity index (χ3n) is 3.45. The van der Waals surface area contributed by atoms with Crippen molar-refractivity contribution in [1.82, 2.24) is 4.90 Å². The number of halogens is 1. The van der Waals surface area contributed by atoms with E-state index in [4.69, 9.17) is 5.11 Å². The summed E-state index contributed by atoms with van der Waals surface area (Å²) in [6.07, 6.45) is 0. The molecule has 0 aliphatic rings. The fourth-order valence-electron chi connectivity index (χ4n) is 1.70. The zero-order valence-corrected chi connectivity index (χ0v) is 11.3. The van der Waals surface area contributed by atoms with Crippen molar-refractivity contribution in [2.75, 3.05) is 13.7 Å². The lowest BCUT2D eigenvalue weighted by molar-refractivity contribution is 0.0657. The van der Waals surface area contributed by atoms with Crippen LogP contribution in [0.3, 0.4) is 0 Å². The van der Waals surface area contributed by atoms with Gasteiger partial charge >= 0.3 is 0 Å². The van der Waals surface area contributed by atoms with E-state index in [-0.39, 0.29) is 30.3 Å². The normalized spacial score (nSPS) is 14.1. The topological polar surface area (TPSA) is 40.5 Å². The Morgan fingerprint density at radius 2 is 2.06 bits per heavy atom. The SMILES string of the molecule is Cc1cc(C(=O)N(C)C(C)C(C)CO)ccc1F. The second-order valence-electron chi connectivity index (χ2n) is 4.78. The van der Waals surface area contributed by atoms with Crippen LogP contribution in [-0.2, 0) is 0 Å². The largest absolute Gasteiger partial charge is 0.396 e. The maximum Gasteiger partial charge on any atom is 0.253 e. The molecular weight excluding hydrogens is 233 g/mol. The lowest BCUT2D eigenvalue weighted by Crippen LogP contribution is -2.40. The molecule has 1 aromatic rings. The number of hydrogen-bond donors (Lipinski definition) is 1. The van der Waals surface area contributed by atoms with Crippen LogP contribution in [0.15, 0.2) is 18.2 Å². The number of amides is 1. The molecular formula is C14H20FNO2. The van der Waals surface area contributed by atoms with Crippen LogP contribution in [-0.4, -0.2) is 35.6 Å². The van der Waals surface area contributed by atoms with Gasteiger partial charge in [-0.2, -0.15) is 0 Å². The molecule has 2 unspecified atom stereocenters. The monoisotopic (exact) mass is 253 g/mol. The zero-order chi connectivity index (χ0) is 13.9. The molecule has 100 valence electrons. The molecule has 1 amide bonds. The van der Waals surface area contributed by atoms with E-state index in [2.05, 4.69) is 0 Å². The molecule has 0 spiro atoms. The maximum absolute atomic E-state index is 13.1. The molecule has 0 radical (unpaired) electrons. The highest BCUT2D eigenvalue weighted by molar-refractivity contribution is 5.94. The number of aryl methyl sites for hydroxylation is 1. The standard InChI is InChI=1S/C14H20FNO2/c1-9-7-12(5-6-13(9)15)14(18)16(4)11(3)10(2)8-17/h5-7,10-11,17H,8H2,1-4H3. The fraction of sp³-hybridized carbons (Fsp3) is 0.500. The van der Waals surface area contributed by atoms with Crippen LogP contribution >= 0.6 is 0 Å². The molecule has 0 fully saturated rings. The lowest BCUT2D eigenvalue weighted by atomic mass is 10.0. The summed E-state index contributed by atoms with van der Waals surface area (Å²) in [5.74, 6) is -0.475. The Bertz CT molecular complexity index is 434. The number of benzene rings is 1. The number of nitrogens with zero attached hydrogens (tertiary/aromatic N) is 1. The molecule has 18 heavy (non-hydrogen) atoms. The summed E-state index contributed by atoms with van der Waals surface area (Å²) >= 11 is 0. The van der Waals surface area contributed by atoms with E-state index in [1.807, 2.05) is 13.8 Å². The number of aliphatic hydroxyl groups excluding tert-OH is 1. The van der Waals surface area contributed by atoms with E-state index in [0.717, 1.165) is 0 Å². The Morgan fingerprint density at radius 3 is 2.56 bits per heavy atom. The van der Waals surface area contributed by atoms with Gasteiger partial charge in [0.1, 0.15) is 5.82 Å². The van der Waals surface area contributed by atoms with E-state index < -0.39 is 0 Å². The van der Waals surface area contributed by atoms with Crippen molar-refractivity contribution in [2.24, 2.45) is 5.92 Å². The van der Waals surface area contributed by atoms with E-state index in [1.54, 1.807) is 24.9 Å². The molecule has 0 heterocycles. The third kappa shape index (κ3) is 3.07. The first-order valence-electron chi connectivity index (χ1n) is 6.02. The highest BCUT2D eigenvalue weighted by Gasteiger charge is 2.22. The Labute approximate surface area is 107 Å². The summed E-state index contributed by atoms with van der Waals surface area (Å²) in [5, 5.41) is 9.10. The number of hydrogen-bond acceptors (Lipinski definition) is 2. The summed E-state index contributed by atoms with van der Waals surface area (Å²) in [4.78, 5) is 13.8. The Morgan fingerprint density at radius 1 is 1.44 bits per heavy atom. The van der Waals surface area contributed by atoms with Gasteiger partial charge in [0.2, 0.25) is 0 Å². The van der Waals surface area contributed by atoms with Crippen LogP contribution in [0.2, 0.25) is 0 Å². The van der Waals surface area contributed by atoms with Gasteiger partial charge < -0.3 is 10.0 Å². The summed E-state index contributed by atoms with van der Waals surface area (Å²) in [7, 11) is 1.69. The fourth-order valence-corrected chi connectivity index (χ4v) is 1.70. The van der Waals surface area contributed by atoms with Crippen LogP contribution in [0.4, 0.5) is 4.39 Å². The number of rotatable bonds is 4. The third-order valence-corrected chi connectivity index (χ3v) is 3.45. The molecule has 0 saturated heterocycles. The molecule has 0 saturated carbocycles. The molecule has 1 aromatic carbocycles. The predicted molar refractivity (Wildman–Crippen MR) is 68.9 cm³/mol. The van der Waals surface area contributed by atoms with Gasteiger partial charge in [-0.15, -0.1) is 0 Å². The summed E-state index contributed by atoms with van der Waals surface area (Å²) in [6.45, 7) is 5.42. The van der Waals surface area contributed by atoms with Crippen molar-refractivity contribution in [3.05, 3.63) is 35.1 Å². The molecule has 2 atom stereocenters. The van der Waals surface area contributed by atoms with Gasteiger partial charge in [-0.3, -0.25) is 4.79 Å². The van der Waals surface area contributed by atoms with Crippen molar-refractivity contribution in [3.63, 3.8) is 0 Å². The highest BCUT2D eigenvalue weighted by Crippen LogP contribution is 2.15. The van der Waals surface area contributed by atoms with Crippen LogP contribution < -0.4 is 0 Å². The summed E-state index contributed by atoms with van der Waals surface area (Å²) < 4.78 is 13.1. The lowest BCUT2D eigenvalue weighted by Gasteiger charge is -2.29. The molecule has 1 N–H and O–H groups in total. The van der Waals surface area contributed by atoms with Crippen molar-refractivity contribution < 1.29 is 14.3 Å². The van der Waals surface area contributed by atoms with E-state index in [9.17, 15) is 9.18 Å². The molecule has 0 aliphatic carbocycles. The van der Waals surface area contributed by atoms with Gasteiger partial charge in [0.05, 0.1) is 0 Å². The average molecular weight is 253 g/mol. The van der Waals surface area contributed by atoms with E-state index in [1.165, 1.54) is 12.1 Å². The molecule has 0 aromatic heterocycles. The van der Waals surface area contributed by atoms with E-state index in [0.29, 0.717) is 11.1 Å². The van der Waals surface area contributed by atoms with Crippen molar-refractivity contribution >= 4 is 5.91 Å². The number of carbonyl (C=O) groups is 1. The first-order chi connectivity index (χ1) is 8.38. The van der Waals surface area contributed by atoms with Crippen LogP contribution in [0.1, 0.15) is 29.8 Å². The molecule has 0 bridgehead atoms. The minimum absolute atomic E-state index is 0.000459. The van der Waals surface area contributed by atoms with Gasteiger partial charge in [0, 0.05) is 25.3 Å². The first kappa shape index (κ1) is 14.6. The van der Waals surface area contributed by atoms with Crippen LogP contribution in [0.25, 0.3) is 0 Å². The zero-order valence-electron chi connectivity index (χ0n) is 11.3. The first-order valence-corrected chi connectivity index (χ1v) is 6.02. The van der Waals surface area contributed by atoms with E-state index >= 15 is 0 Å². The minimum Gasteiger partial charge on any atom is -0.396 e. The molecule has 4 heteroatoms. The predicted octanol–water partition coefficient (Wildman–Crippen LogP) is 2.22. The van der Waals surface area contributed by atoms with Crippen molar-refractivity contribution in [3.8, 4) is 0 Å². The van der Waals surface area contributed by atoms with Gasteiger partial charge in [0.15, 0.2) is 0 Å². The second-order valence-corrected chi connectivity index (χ2v) is 4.78. The van der Waals surface area contributed by atoms with Gasteiger partial charge in [-0.05, 0) is 43.5 Å². The Kier molecular flexibility index (Phi) is 4.84. The van der Waals surface area contributed by atoms with Gasteiger partial charge in [0.25, 0.3) is 5.91 Å². The number of carbonyl (C=O) groups excluding carboxylic acids is 1. The second kappa shape index (κ2) is 5.96. The molecule has 1 rings (SSSR count). The Balaban J connectivity index is 2.89. The van der Waals surface area contributed by atoms with Gasteiger partial charge in [-0.1, -0.05) is 6.92 Å². The highest BCUT2D eigenvalue weighted by atomic mass is 19.1. The molecule has 0 aliphatic heterocycles. The minimum atomic E-state index is -0.314. The summed E-state index contributed by atoms with van der Waals surface area (Å²) in [6, 6.07) is 4.26. The summed E-state index contributed by atoms with van der Waals surface area (Å²) in [5.41, 5.74) is 0.922. The van der Waals surface area contributed by atoms with Crippen LogP contribution in [0, 0.1) is 18.7 Å². The van der Waals surface area contributed by atoms with Crippen LogP contribution in [0.5, 0.6) is 0 Å². The van der Waals surface area contributed by atoms with Gasteiger partial charge in [-0.25, -0.2) is 4.39 Å². The molecule has 3 nitrogen and oxygen atoms in total. The van der Waals surface area contributed by atoms with Crippen molar-refractivity contribution in [1.29, 1.82) is 0 Å². The Hall–Kier alpha value is -1.42. The maximum atomic E-state index is 13.1.